The smallest absolute Gasteiger partial charge is 0.242 e. The minimum atomic E-state index is -0.0866. The monoisotopic (exact) mass is 400 g/mol. The van der Waals surface area contributed by atoms with Crippen molar-refractivity contribution in [3.8, 4) is 0 Å². The van der Waals surface area contributed by atoms with Crippen LogP contribution >= 0.6 is 11.3 Å². The van der Waals surface area contributed by atoms with Gasteiger partial charge in [0.05, 0.1) is 12.6 Å². The quantitative estimate of drug-likeness (QED) is 0.669. The van der Waals surface area contributed by atoms with Crippen LogP contribution in [-0.2, 0) is 20.7 Å². The van der Waals surface area contributed by atoms with Crippen LogP contribution in [0.15, 0.2) is 35.7 Å². The molecule has 0 bridgehead atoms. The van der Waals surface area contributed by atoms with Crippen LogP contribution in [0.1, 0.15) is 41.0 Å². The summed E-state index contributed by atoms with van der Waals surface area (Å²) in [6.07, 6.45) is 1.59. The van der Waals surface area contributed by atoms with E-state index in [1.807, 2.05) is 17.0 Å². The topological polar surface area (TPSA) is 49.9 Å². The molecule has 2 heterocycles. The van der Waals surface area contributed by atoms with E-state index in [0.717, 1.165) is 18.4 Å². The van der Waals surface area contributed by atoms with Crippen LogP contribution in [0.2, 0.25) is 0 Å². The molecule has 0 spiro atoms. The van der Waals surface area contributed by atoms with Crippen LogP contribution in [0, 0.1) is 6.92 Å². The molecule has 1 aromatic carbocycles. The van der Waals surface area contributed by atoms with E-state index in [9.17, 15) is 9.59 Å². The Balaban J connectivity index is 1.85. The largest absolute Gasteiger partial charge is 0.385 e. The summed E-state index contributed by atoms with van der Waals surface area (Å²) in [5.74, 6) is -0.0807. The molecule has 3 rings (SSSR count). The molecule has 1 atom stereocenters. The van der Waals surface area contributed by atoms with E-state index in [4.69, 9.17) is 4.74 Å². The number of carbonyl (C=O) groups is 2. The third-order valence-electron chi connectivity index (χ3n) is 5.32. The van der Waals surface area contributed by atoms with Crippen molar-refractivity contribution in [1.82, 2.24) is 9.80 Å². The average Bonchev–Trinajstić information content (AvgIpc) is 3.15. The van der Waals surface area contributed by atoms with Gasteiger partial charge >= 0.3 is 0 Å². The number of thiophene rings is 1. The maximum atomic E-state index is 13.3. The Labute approximate surface area is 170 Å². The van der Waals surface area contributed by atoms with Crippen molar-refractivity contribution in [3.63, 3.8) is 0 Å². The van der Waals surface area contributed by atoms with Gasteiger partial charge in [-0.1, -0.05) is 24.3 Å². The van der Waals surface area contributed by atoms with Crippen LogP contribution in [0.5, 0.6) is 0 Å². The molecule has 1 aliphatic rings. The van der Waals surface area contributed by atoms with Gasteiger partial charge in [-0.3, -0.25) is 9.59 Å². The van der Waals surface area contributed by atoms with Crippen molar-refractivity contribution in [2.45, 2.75) is 32.7 Å². The Hall–Kier alpha value is -2.18. The molecular formula is C22H28N2O3S. The number of aryl methyl sites for hydroxylation is 1. The zero-order chi connectivity index (χ0) is 20.1. The summed E-state index contributed by atoms with van der Waals surface area (Å²) in [5.41, 5.74) is 3.55. The van der Waals surface area contributed by atoms with Crippen molar-refractivity contribution in [2.24, 2.45) is 0 Å². The van der Waals surface area contributed by atoms with Gasteiger partial charge in [0, 0.05) is 38.6 Å². The molecule has 0 aliphatic carbocycles. The fourth-order valence-corrected chi connectivity index (χ4v) is 4.72. The first-order valence-corrected chi connectivity index (χ1v) is 10.6. The second-order valence-corrected chi connectivity index (χ2v) is 8.18. The Kier molecular flexibility index (Phi) is 6.86. The highest BCUT2D eigenvalue weighted by Crippen LogP contribution is 2.38. The fourth-order valence-electron chi connectivity index (χ4n) is 3.82. The third kappa shape index (κ3) is 4.45. The minimum Gasteiger partial charge on any atom is -0.385 e. The Morgan fingerprint density at radius 2 is 2.04 bits per heavy atom. The van der Waals surface area contributed by atoms with Crippen molar-refractivity contribution >= 4 is 23.2 Å². The van der Waals surface area contributed by atoms with Crippen molar-refractivity contribution in [2.75, 3.05) is 33.4 Å². The number of nitrogens with zero attached hydrogens (tertiary/aromatic N) is 2. The van der Waals surface area contributed by atoms with Gasteiger partial charge in [-0.2, -0.15) is 0 Å². The number of methoxy groups -OCH3 is 1. The van der Waals surface area contributed by atoms with Crippen molar-refractivity contribution in [3.05, 3.63) is 57.3 Å². The van der Waals surface area contributed by atoms with Crippen LogP contribution < -0.4 is 0 Å². The summed E-state index contributed by atoms with van der Waals surface area (Å²) in [7, 11) is 1.64. The summed E-state index contributed by atoms with van der Waals surface area (Å²) < 4.78 is 5.08. The van der Waals surface area contributed by atoms with E-state index >= 15 is 0 Å². The first-order valence-electron chi connectivity index (χ1n) is 9.68. The molecule has 1 aromatic heterocycles. The van der Waals surface area contributed by atoms with Gasteiger partial charge in [0.2, 0.25) is 11.8 Å². The first kappa shape index (κ1) is 20.6. The molecule has 1 aliphatic heterocycles. The van der Waals surface area contributed by atoms with E-state index in [1.54, 1.807) is 23.3 Å². The molecule has 0 radical (unpaired) electrons. The van der Waals surface area contributed by atoms with Crippen LogP contribution in [0.25, 0.3) is 0 Å². The van der Waals surface area contributed by atoms with E-state index < -0.39 is 0 Å². The number of fused-ring (bicyclic) bond motifs is 1. The lowest BCUT2D eigenvalue weighted by atomic mass is 9.90. The highest BCUT2D eigenvalue weighted by molar-refractivity contribution is 7.10. The lowest BCUT2D eigenvalue weighted by Crippen LogP contribution is -2.46. The van der Waals surface area contributed by atoms with Gasteiger partial charge in [-0.15, -0.1) is 11.3 Å². The molecular weight excluding hydrogens is 372 g/mol. The zero-order valence-electron chi connectivity index (χ0n) is 16.8. The van der Waals surface area contributed by atoms with E-state index in [1.165, 1.54) is 22.9 Å². The van der Waals surface area contributed by atoms with E-state index in [-0.39, 0.29) is 24.4 Å². The predicted octanol–water partition coefficient (Wildman–Crippen LogP) is 3.42. The summed E-state index contributed by atoms with van der Waals surface area (Å²) in [6, 6.07) is 10.3. The van der Waals surface area contributed by atoms with Gasteiger partial charge in [0.1, 0.15) is 0 Å². The lowest BCUT2D eigenvalue weighted by molar-refractivity contribution is -0.140. The summed E-state index contributed by atoms with van der Waals surface area (Å²) in [4.78, 5) is 30.2. The Morgan fingerprint density at radius 1 is 1.25 bits per heavy atom. The molecule has 2 aromatic rings. The number of hydrogen-bond donors (Lipinski definition) is 0. The molecule has 0 N–H and O–H groups in total. The number of rotatable bonds is 7. The average molecular weight is 401 g/mol. The first-order chi connectivity index (χ1) is 13.5. The van der Waals surface area contributed by atoms with Crippen molar-refractivity contribution in [1.29, 1.82) is 0 Å². The summed E-state index contributed by atoms with van der Waals surface area (Å²) >= 11 is 1.76. The molecule has 2 amide bonds. The van der Waals surface area contributed by atoms with Gasteiger partial charge in [0.25, 0.3) is 0 Å². The second kappa shape index (κ2) is 9.34. The molecule has 0 saturated heterocycles. The Bertz CT molecular complexity index is 833. The number of hydrogen-bond acceptors (Lipinski definition) is 4. The molecule has 150 valence electrons. The molecule has 6 heteroatoms. The molecule has 1 unspecified atom stereocenters. The predicted molar refractivity (Wildman–Crippen MR) is 112 cm³/mol. The summed E-state index contributed by atoms with van der Waals surface area (Å²) in [5, 5.41) is 2.11. The second-order valence-electron chi connectivity index (χ2n) is 7.18. The zero-order valence-corrected chi connectivity index (χ0v) is 17.6. The summed E-state index contributed by atoms with van der Waals surface area (Å²) in [6.45, 7) is 5.50. The fraction of sp³-hybridized carbons (Fsp3) is 0.455. The van der Waals surface area contributed by atoms with Gasteiger partial charge in [-0.05, 0) is 47.9 Å². The highest BCUT2D eigenvalue weighted by Gasteiger charge is 2.34. The standard InChI is InChI=1S/C22H28N2O3S/c1-16-7-4-5-8-18(16)22-19-10-14-28-20(19)9-12-24(22)21(26)15-23(17(2)25)11-6-13-27-3/h4-5,7-8,10,14,22H,6,9,11-13,15H2,1-3H3. The van der Waals surface area contributed by atoms with Gasteiger partial charge < -0.3 is 14.5 Å². The number of carbonyl (C=O) groups excluding carboxylic acids is 2. The SMILES string of the molecule is COCCCN(CC(=O)N1CCc2sccc2C1c1ccccc1C)C(C)=O. The molecule has 28 heavy (non-hydrogen) atoms. The molecule has 0 fully saturated rings. The molecule has 5 nitrogen and oxygen atoms in total. The van der Waals surface area contributed by atoms with Gasteiger partial charge in [0.15, 0.2) is 0 Å². The van der Waals surface area contributed by atoms with Gasteiger partial charge in [-0.25, -0.2) is 0 Å². The third-order valence-corrected chi connectivity index (χ3v) is 6.31. The molecule has 0 saturated carbocycles. The maximum Gasteiger partial charge on any atom is 0.242 e. The van der Waals surface area contributed by atoms with Crippen LogP contribution in [0.4, 0.5) is 0 Å². The maximum absolute atomic E-state index is 13.3. The normalized spacial score (nSPS) is 16.0. The van der Waals surface area contributed by atoms with Crippen molar-refractivity contribution < 1.29 is 14.3 Å². The Morgan fingerprint density at radius 3 is 2.75 bits per heavy atom. The number of amides is 2. The minimum absolute atomic E-state index is 0.00211. The number of benzene rings is 1. The van der Waals surface area contributed by atoms with E-state index in [2.05, 4.69) is 30.5 Å². The highest BCUT2D eigenvalue weighted by atomic mass is 32.1. The van der Waals surface area contributed by atoms with Crippen LogP contribution in [-0.4, -0.2) is 55.0 Å². The number of ether oxygens (including phenoxy) is 1. The van der Waals surface area contributed by atoms with Crippen LogP contribution in [0.3, 0.4) is 0 Å². The van der Waals surface area contributed by atoms with E-state index in [0.29, 0.717) is 19.7 Å². The lowest BCUT2D eigenvalue weighted by Gasteiger charge is -2.38.